The van der Waals surface area contributed by atoms with Gasteiger partial charge in [0.15, 0.2) is 7.36 Å². The number of ether oxygens (including phenoxy) is 1. The van der Waals surface area contributed by atoms with E-state index in [2.05, 4.69) is 139 Å². The maximum absolute atomic E-state index is 5.89. The topological polar surface area (TPSA) is 43.7 Å². The number of anilines is 2. The normalized spacial score (nSPS) is 24.1. The molecular formula is C33H34N5OP. The van der Waals surface area contributed by atoms with Gasteiger partial charge in [0.05, 0.1) is 36.1 Å². The van der Waals surface area contributed by atoms with E-state index in [1.807, 2.05) is 0 Å². The Morgan fingerprint density at radius 1 is 0.825 bits per heavy atom. The quantitative estimate of drug-likeness (QED) is 0.244. The lowest BCUT2D eigenvalue weighted by atomic mass is 9.84. The fourth-order valence-electron chi connectivity index (χ4n) is 6.52. The Morgan fingerprint density at radius 3 is 2.33 bits per heavy atom. The van der Waals surface area contributed by atoms with Crippen molar-refractivity contribution >= 4 is 41.4 Å². The van der Waals surface area contributed by atoms with Gasteiger partial charge in [0, 0.05) is 42.3 Å². The molecule has 7 heteroatoms. The molecule has 3 aliphatic rings. The second kappa shape index (κ2) is 9.74. The predicted octanol–water partition coefficient (Wildman–Crippen LogP) is 7.98. The molecule has 0 aliphatic carbocycles. The number of benzene rings is 4. The molecule has 202 valence electrons. The first-order chi connectivity index (χ1) is 19.5. The highest BCUT2D eigenvalue weighted by Crippen LogP contribution is 2.71. The van der Waals surface area contributed by atoms with Crippen molar-refractivity contribution in [3.8, 4) is 0 Å². The van der Waals surface area contributed by atoms with Gasteiger partial charge in [-0.3, -0.25) is 0 Å². The Labute approximate surface area is 236 Å². The summed E-state index contributed by atoms with van der Waals surface area (Å²) >= 11 is 0. The van der Waals surface area contributed by atoms with E-state index in [0.29, 0.717) is 13.2 Å². The van der Waals surface area contributed by atoms with Crippen LogP contribution in [0, 0.1) is 0 Å². The number of para-hydroxylation sites is 2. The molecule has 0 unspecified atom stereocenters. The van der Waals surface area contributed by atoms with Gasteiger partial charge in [-0.05, 0) is 35.2 Å². The first-order valence-corrected chi connectivity index (χ1v) is 15.6. The molecule has 0 spiro atoms. The summed E-state index contributed by atoms with van der Waals surface area (Å²) in [4.78, 5) is 2.37. The first kappa shape index (κ1) is 25.3. The number of allylic oxidation sites excluding steroid dienone is 2. The zero-order chi connectivity index (χ0) is 27.3. The van der Waals surface area contributed by atoms with Crippen molar-refractivity contribution in [1.29, 1.82) is 0 Å². The van der Waals surface area contributed by atoms with E-state index in [-0.39, 0.29) is 5.41 Å². The summed E-state index contributed by atoms with van der Waals surface area (Å²) in [5.74, 6) is 0. The molecule has 3 aliphatic heterocycles. The van der Waals surface area contributed by atoms with Crippen molar-refractivity contribution in [2.24, 2.45) is 9.85 Å². The Bertz CT molecular complexity index is 1700. The largest absolute Gasteiger partial charge is 0.379 e. The Morgan fingerprint density at radius 2 is 1.52 bits per heavy atom. The standard InChI is InChI=1S/C33H34N5OP/c1-33(2)28-17-9-10-19-30(28)36(3)32(33)31-24-34-38(26-14-5-4-6-15-26)40(31,37-20-22-39-23-21-37)35-29-18-11-13-25-12-7-8-16-27(25)29/h4-19,24H,20-23H2,1-3H3/b32-31-/t40-/m1/s1. The molecule has 4 aromatic carbocycles. The number of hydrazone groups is 1. The zero-order valence-corrected chi connectivity index (χ0v) is 24.1. The van der Waals surface area contributed by atoms with Crippen LogP contribution in [-0.4, -0.2) is 44.2 Å². The van der Waals surface area contributed by atoms with Crippen molar-refractivity contribution in [3.63, 3.8) is 0 Å². The summed E-state index contributed by atoms with van der Waals surface area (Å²) in [7, 11) is -0.463. The molecule has 0 saturated carbocycles. The summed E-state index contributed by atoms with van der Waals surface area (Å²) in [6, 6.07) is 34.3. The van der Waals surface area contributed by atoms with Crippen LogP contribution in [0.3, 0.4) is 0 Å². The average Bonchev–Trinajstić information content (AvgIpc) is 3.46. The third kappa shape index (κ3) is 3.78. The van der Waals surface area contributed by atoms with Gasteiger partial charge in [0.1, 0.15) is 0 Å². The van der Waals surface area contributed by atoms with Gasteiger partial charge in [0.25, 0.3) is 0 Å². The van der Waals surface area contributed by atoms with E-state index < -0.39 is 7.36 Å². The minimum Gasteiger partial charge on any atom is -0.379 e. The third-order valence-electron chi connectivity index (χ3n) is 8.37. The summed E-state index contributed by atoms with van der Waals surface area (Å²) in [5, 5.41) is 8.75. The van der Waals surface area contributed by atoms with E-state index >= 15 is 0 Å². The van der Waals surface area contributed by atoms with Crippen LogP contribution >= 0.6 is 7.36 Å². The molecule has 1 saturated heterocycles. The molecule has 4 aromatic rings. The number of fused-ring (bicyclic) bond motifs is 2. The minimum atomic E-state index is -2.66. The molecule has 0 aromatic heterocycles. The van der Waals surface area contributed by atoms with Crippen LogP contribution in [-0.2, 0) is 10.2 Å². The zero-order valence-electron chi connectivity index (χ0n) is 23.2. The Balaban J connectivity index is 1.59. The van der Waals surface area contributed by atoms with Gasteiger partial charge < -0.3 is 9.64 Å². The number of likely N-dealkylation sites (N-methyl/N-ethyl adjacent to an activating group) is 1. The summed E-state index contributed by atoms with van der Waals surface area (Å²) < 4.78 is 16.6. The third-order valence-corrected chi connectivity index (χ3v) is 11.9. The number of hydrogen-bond donors (Lipinski definition) is 0. The van der Waals surface area contributed by atoms with Gasteiger partial charge in [-0.15, -0.1) is 0 Å². The van der Waals surface area contributed by atoms with E-state index in [1.165, 1.54) is 27.6 Å². The maximum atomic E-state index is 5.89. The van der Waals surface area contributed by atoms with Gasteiger partial charge >= 0.3 is 0 Å². The molecule has 0 amide bonds. The molecule has 0 N–H and O–H groups in total. The number of morpholine rings is 1. The van der Waals surface area contributed by atoms with E-state index in [0.717, 1.165) is 29.9 Å². The molecule has 40 heavy (non-hydrogen) atoms. The fraction of sp³-hybridized carbons (Fsp3) is 0.242. The first-order valence-electron chi connectivity index (χ1n) is 13.9. The van der Waals surface area contributed by atoms with Crippen molar-refractivity contribution < 1.29 is 4.74 Å². The van der Waals surface area contributed by atoms with Crippen molar-refractivity contribution in [2.45, 2.75) is 19.3 Å². The lowest BCUT2D eigenvalue weighted by Gasteiger charge is -2.43. The molecule has 1 atom stereocenters. The van der Waals surface area contributed by atoms with Gasteiger partial charge in [0.2, 0.25) is 0 Å². The van der Waals surface area contributed by atoms with Crippen LogP contribution in [0.2, 0.25) is 0 Å². The van der Waals surface area contributed by atoms with E-state index in [9.17, 15) is 0 Å². The fourth-order valence-corrected chi connectivity index (χ4v) is 10.4. The smallest absolute Gasteiger partial charge is 0.180 e. The summed E-state index contributed by atoms with van der Waals surface area (Å²) in [6.07, 6.45) is 2.10. The van der Waals surface area contributed by atoms with Gasteiger partial charge in [-0.1, -0.05) is 86.6 Å². The lowest BCUT2D eigenvalue weighted by Crippen LogP contribution is -2.38. The van der Waals surface area contributed by atoms with Crippen LogP contribution in [0.1, 0.15) is 19.4 Å². The highest BCUT2D eigenvalue weighted by Gasteiger charge is 2.50. The minimum absolute atomic E-state index is 0.217. The van der Waals surface area contributed by atoms with E-state index in [1.54, 1.807) is 0 Å². The molecule has 7 rings (SSSR count). The maximum Gasteiger partial charge on any atom is 0.180 e. The van der Waals surface area contributed by atoms with Crippen LogP contribution in [0.5, 0.6) is 0 Å². The molecule has 6 nitrogen and oxygen atoms in total. The second-order valence-corrected chi connectivity index (χ2v) is 13.8. The lowest BCUT2D eigenvalue weighted by molar-refractivity contribution is 0.0743. The predicted molar refractivity (Wildman–Crippen MR) is 168 cm³/mol. The van der Waals surface area contributed by atoms with Crippen molar-refractivity contribution in [3.05, 3.63) is 114 Å². The summed E-state index contributed by atoms with van der Waals surface area (Å²) in [5.41, 5.74) is 5.67. The van der Waals surface area contributed by atoms with Crippen LogP contribution in [0.15, 0.2) is 118 Å². The van der Waals surface area contributed by atoms with Crippen LogP contribution in [0.4, 0.5) is 17.1 Å². The molecule has 1 fully saturated rings. The monoisotopic (exact) mass is 547 g/mol. The molecule has 3 heterocycles. The SMILES string of the molecule is CN1/C(=C2/C=NN(c3ccccc3)[P@]2(=Nc2cccc3ccccc23)N2CCOCC2)C(C)(C)c2ccccc21. The number of hydrogen-bond acceptors (Lipinski definition) is 4. The van der Waals surface area contributed by atoms with Crippen LogP contribution < -0.4 is 9.68 Å². The highest BCUT2D eigenvalue weighted by atomic mass is 31.2. The molecule has 0 radical (unpaired) electrons. The molecule has 0 bridgehead atoms. The molecular weight excluding hydrogens is 513 g/mol. The Kier molecular flexibility index (Phi) is 6.16. The van der Waals surface area contributed by atoms with E-state index in [4.69, 9.17) is 14.6 Å². The second-order valence-electron chi connectivity index (χ2n) is 11.0. The highest BCUT2D eigenvalue weighted by molar-refractivity contribution is 7.71. The summed E-state index contributed by atoms with van der Waals surface area (Å²) in [6.45, 7) is 7.62. The van der Waals surface area contributed by atoms with Gasteiger partial charge in [-0.25, -0.2) is 14.2 Å². The van der Waals surface area contributed by atoms with Crippen molar-refractivity contribution in [2.75, 3.05) is 43.0 Å². The van der Waals surface area contributed by atoms with Gasteiger partial charge in [-0.2, -0.15) is 5.10 Å². The van der Waals surface area contributed by atoms with Crippen LogP contribution in [0.25, 0.3) is 10.8 Å². The number of rotatable bonds is 3. The average molecular weight is 548 g/mol. The van der Waals surface area contributed by atoms with Crippen molar-refractivity contribution in [1.82, 2.24) is 4.67 Å². The number of nitrogens with zero attached hydrogens (tertiary/aromatic N) is 5. The Hall–Kier alpha value is -3.70.